The molecule has 1 atom stereocenters. The summed E-state index contributed by atoms with van der Waals surface area (Å²) in [7, 11) is -2.91. The maximum atomic E-state index is 12.9. The SMILES string of the molecule is NC1(C(F)F)CCCN(C2CCS(=O)(=O)CC2)C1. The number of alkyl halides is 2. The Morgan fingerprint density at radius 3 is 2.44 bits per heavy atom. The molecule has 0 bridgehead atoms. The molecule has 2 rings (SSSR count). The van der Waals surface area contributed by atoms with E-state index in [9.17, 15) is 17.2 Å². The monoisotopic (exact) mass is 282 g/mol. The maximum Gasteiger partial charge on any atom is 0.257 e. The lowest BCUT2D eigenvalue weighted by molar-refractivity contribution is -0.00888. The van der Waals surface area contributed by atoms with Crippen LogP contribution in [-0.4, -0.2) is 55.9 Å². The lowest BCUT2D eigenvalue weighted by Gasteiger charge is -2.44. The van der Waals surface area contributed by atoms with Crippen LogP contribution in [0, 0.1) is 0 Å². The minimum absolute atomic E-state index is 0.0931. The van der Waals surface area contributed by atoms with Crippen LogP contribution in [0.3, 0.4) is 0 Å². The van der Waals surface area contributed by atoms with Gasteiger partial charge in [-0.2, -0.15) is 0 Å². The number of sulfone groups is 1. The predicted octanol–water partition coefficient (Wildman–Crippen LogP) is 0.622. The van der Waals surface area contributed by atoms with E-state index in [2.05, 4.69) is 0 Å². The molecule has 4 nitrogen and oxygen atoms in total. The Hall–Kier alpha value is -0.270. The molecule has 106 valence electrons. The molecule has 7 heteroatoms. The van der Waals surface area contributed by atoms with Gasteiger partial charge in [-0.1, -0.05) is 0 Å². The van der Waals surface area contributed by atoms with Crippen molar-refractivity contribution in [3.8, 4) is 0 Å². The first-order valence-electron chi connectivity index (χ1n) is 6.34. The summed E-state index contributed by atoms with van der Waals surface area (Å²) >= 11 is 0. The third-order valence-corrected chi connectivity index (χ3v) is 5.78. The van der Waals surface area contributed by atoms with Gasteiger partial charge in [0, 0.05) is 12.6 Å². The van der Waals surface area contributed by atoms with Gasteiger partial charge in [-0.3, -0.25) is 4.90 Å². The molecule has 0 radical (unpaired) electrons. The van der Waals surface area contributed by atoms with Crippen LogP contribution >= 0.6 is 0 Å². The zero-order valence-corrected chi connectivity index (χ0v) is 11.1. The first kappa shape index (κ1) is 14.1. The molecule has 0 saturated carbocycles. The van der Waals surface area contributed by atoms with Gasteiger partial charge in [0.1, 0.15) is 9.84 Å². The zero-order valence-electron chi connectivity index (χ0n) is 10.3. The molecule has 2 aliphatic rings. The summed E-state index contributed by atoms with van der Waals surface area (Å²) in [5.41, 5.74) is 4.32. The molecule has 2 saturated heterocycles. The van der Waals surface area contributed by atoms with Crippen LogP contribution in [0.15, 0.2) is 0 Å². The molecule has 0 aliphatic carbocycles. The van der Waals surface area contributed by atoms with Crippen LogP contribution in [0.4, 0.5) is 8.78 Å². The molecule has 0 aromatic carbocycles. The molecule has 2 heterocycles. The maximum absolute atomic E-state index is 12.9. The molecule has 2 fully saturated rings. The third-order valence-electron chi connectivity index (χ3n) is 4.06. The van der Waals surface area contributed by atoms with Crippen molar-refractivity contribution in [2.24, 2.45) is 5.73 Å². The summed E-state index contributed by atoms with van der Waals surface area (Å²) in [5.74, 6) is 0.334. The molecular formula is C11H20F2N2O2S. The average Bonchev–Trinajstić information content (AvgIpc) is 2.28. The standard InChI is InChI=1S/C11H20F2N2O2S/c12-10(13)11(14)4-1-5-15(8-11)9-2-6-18(16,17)7-3-9/h9-10H,1-8,14H2. The van der Waals surface area contributed by atoms with Crippen LogP contribution in [0.2, 0.25) is 0 Å². The second kappa shape index (κ2) is 5.02. The Kier molecular flexibility index (Phi) is 3.94. The van der Waals surface area contributed by atoms with Gasteiger partial charge in [0.25, 0.3) is 6.43 Å². The van der Waals surface area contributed by atoms with Gasteiger partial charge in [-0.05, 0) is 32.2 Å². The van der Waals surface area contributed by atoms with Crippen molar-refractivity contribution in [1.29, 1.82) is 0 Å². The fourth-order valence-electron chi connectivity index (χ4n) is 2.88. The highest BCUT2D eigenvalue weighted by Crippen LogP contribution is 2.29. The molecule has 0 aromatic rings. The van der Waals surface area contributed by atoms with E-state index in [1.807, 2.05) is 4.90 Å². The van der Waals surface area contributed by atoms with Gasteiger partial charge in [0.15, 0.2) is 0 Å². The molecule has 0 amide bonds. The third kappa shape index (κ3) is 3.00. The van der Waals surface area contributed by atoms with Gasteiger partial charge in [-0.25, -0.2) is 17.2 Å². The van der Waals surface area contributed by atoms with Crippen molar-refractivity contribution in [1.82, 2.24) is 4.90 Å². The van der Waals surface area contributed by atoms with Gasteiger partial charge in [-0.15, -0.1) is 0 Å². The molecule has 0 spiro atoms. The first-order chi connectivity index (χ1) is 8.32. The Labute approximate surface area is 106 Å². The van der Waals surface area contributed by atoms with E-state index >= 15 is 0 Å². The Morgan fingerprint density at radius 1 is 1.28 bits per heavy atom. The van der Waals surface area contributed by atoms with Crippen molar-refractivity contribution in [2.75, 3.05) is 24.6 Å². The lowest BCUT2D eigenvalue weighted by atomic mass is 9.89. The van der Waals surface area contributed by atoms with Crippen LogP contribution in [0.5, 0.6) is 0 Å². The number of nitrogens with two attached hydrogens (primary N) is 1. The van der Waals surface area contributed by atoms with Gasteiger partial charge in [0.2, 0.25) is 0 Å². The van der Waals surface area contributed by atoms with E-state index in [0.29, 0.717) is 25.7 Å². The molecule has 18 heavy (non-hydrogen) atoms. The van der Waals surface area contributed by atoms with Gasteiger partial charge >= 0.3 is 0 Å². The van der Waals surface area contributed by atoms with Crippen molar-refractivity contribution >= 4 is 9.84 Å². The highest BCUT2D eigenvalue weighted by Gasteiger charge is 2.42. The number of hydrogen-bond donors (Lipinski definition) is 1. The van der Waals surface area contributed by atoms with Gasteiger partial charge in [0.05, 0.1) is 17.0 Å². The minimum atomic E-state index is -2.91. The Balaban J connectivity index is 1.98. The van der Waals surface area contributed by atoms with E-state index in [4.69, 9.17) is 5.73 Å². The summed E-state index contributed by atoms with van der Waals surface area (Å²) in [5, 5.41) is 0. The second-order valence-electron chi connectivity index (χ2n) is 5.49. The number of hydrogen-bond acceptors (Lipinski definition) is 4. The number of likely N-dealkylation sites (tertiary alicyclic amines) is 1. The highest BCUT2D eigenvalue weighted by atomic mass is 32.2. The number of rotatable bonds is 2. The highest BCUT2D eigenvalue weighted by molar-refractivity contribution is 7.91. The second-order valence-corrected chi connectivity index (χ2v) is 7.79. The first-order valence-corrected chi connectivity index (χ1v) is 8.16. The van der Waals surface area contributed by atoms with Crippen molar-refractivity contribution < 1.29 is 17.2 Å². The van der Waals surface area contributed by atoms with Crippen LogP contribution in [0.25, 0.3) is 0 Å². The van der Waals surface area contributed by atoms with Crippen LogP contribution in [0.1, 0.15) is 25.7 Å². The Morgan fingerprint density at radius 2 is 1.89 bits per heavy atom. The Bertz CT molecular complexity index is 388. The van der Waals surface area contributed by atoms with Crippen LogP contribution < -0.4 is 5.73 Å². The van der Waals surface area contributed by atoms with Gasteiger partial charge < -0.3 is 5.73 Å². The van der Waals surface area contributed by atoms with Crippen LogP contribution in [-0.2, 0) is 9.84 Å². The minimum Gasteiger partial charge on any atom is -0.319 e. The smallest absolute Gasteiger partial charge is 0.257 e. The normalized spacial score (nSPS) is 34.9. The van der Waals surface area contributed by atoms with Crippen molar-refractivity contribution in [3.63, 3.8) is 0 Å². The molecule has 2 aliphatic heterocycles. The number of halogens is 2. The number of piperidine rings is 1. The van der Waals surface area contributed by atoms with E-state index in [1.54, 1.807) is 0 Å². The topological polar surface area (TPSA) is 63.4 Å². The molecule has 1 unspecified atom stereocenters. The molecule has 0 aromatic heterocycles. The number of nitrogens with zero attached hydrogens (tertiary/aromatic N) is 1. The largest absolute Gasteiger partial charge is 0.319 e. The summed E-state index contributed by atoms with van der Waals surface area (Å²) in [4.78, 5) is 1.96. The van der Waals surface area contributed by atoms with E-state index in [1.165, 1.54) is 0 Å². The molecular weight excluding hydrogens is 262 g/mol. The zero-order chi connectivity index (χ0) is 13.4. The van der Waals surface area contributed by atoms with E-state index in [0.717, 1.165) is 6.54 Å². The quantitative estimate of drug-likeness (QED) is 0.806. The van der Waals surface area contributed by atoms with E-state index in [-0.39, 0.29) is 24.1 Å². The fraction of sp³-hybridized carbons (Fsp3) is 1.00. The van der Waals surface area contributed by atoms with Crippen molar-refractivity contribution in [3.05, 3.63) is 0 Å². The lowest BCUT2D eigenvalue weighted by Crippen LogP contribution is -2.61. The predicted molar refractivity (Wildman–Crippen MR) is 65.4 cm³/mol. The average molecular weight is 282 g/mol. The summed E-state index contributed by atoms with van der Waals surface area (Å²) in [6, 6.07) is 0.0931. The summed E-state index contributed by atoms with van der Waals surface area (Å²) in [6.45, 7) is 0.922. The van der Waals surface area contributed by atoms with Crippen molar-refractivity contribution in [2.45, 2.75) is 43.7 Å². The fourth-order valence-corrected chi connectivity index (χ4v) is 4.35. The van der Waals surface area contributed by atoms with E-state index < -0.39 is 21.8 Å². The molecule has 2 N–H and O–H groups in total. The summed E-state index contributed by atoms with van der Waals surface area (Å²) < 4.78 is 48.5. The summed E-state index contributed by atoms with van der Waals surface area (Å²) in [6.07, 6.45) is -0.438.